The van der Waals surface area contributed by atoms with Gasteiger partial charge in [0.15, 0.2) is 11.1 Å². The second-order valence-corrected chi connectivity index (χ2v) is 9.39. The number of benzene rings is 2. The lowest BCUT2D eigenvalue weighted by Gasteiger charge is -2.39. The number of amides is 3. The number of hydrogen-bond donors (Lipinski definition) is 2. The van der Waals surface area contributed by atoms with Gasteiger partial charge in [0.1, 0.15) is 6.04 Å². The Labute approximate surface area is 186 Å². The summed E-state index contributed by atoms with van der Waals surface area (Å²) in [5.74, 6) is -1.20. The second-order valence-electron chi connectivity index (χ2n) is 9.39. The SMILES string of the molecule is NC12C(=O)N(C3CCCCC3)C3C(=O)NC(=O)C31c1ccccc1N2Cc1ccccc1. The fraction of sp³-hybridized carbons (Fsp3) is 0.400. The third-order valence-corrected chi connectivity index (χ3v) is 7.89. The van der Waals surface area contributed by atoms with E-state index in [-0.39, 0.29) is 11.9 Å². The highest BCUT2D eigenvalue weighted by atomic mass is 16.2. The van der Waals surface area contributed by atoms with E-state index in [9.17, 15) is 14.4 Å². The number of likely N-dealkylation sites (tertiary alicyclic amines) is 1. The van der Waals surface area contributed by atoms with E-state index in [1.54, 1.807) is 4.90 Å². The average Bonchev–Trinajstić information content (AvgIpc) is 3.30. The lowest BCUT2D eigenvalue weighted by Crippen LogP contribution is -2.69. The van der Waals surface area contributed by atoms with E-state index in [4.69, 9.17) is 5.73 Å². The Balaban J connectivity index is 1.58. The Morgan fingerprint density at radius 3 is 2.38 bits per heavy atom. The predicted octanol–water partition coefficient (Wildman–Crippen LogP) is 1.80. The van der Waals surface area contributed by atoms with Crippen molar-refractivity contribution >= 4 is 23.4 Å². The van der Waals surface area contributed by atoms with Crippen molar-refractivity contribution in [3.05, 3.63) is 65.7 Å². The molecule has 0 bridgehead atoms. The van der Waals surface area contributed by atoms with E-state index in [2.05, 4.69) is 5.32 Å². The van der Waals surface area contributed by atoms with Gasteiger partial charge in [0.05, 0.1) is 0 Å². The zero-order valence-electron chi connectivity index (χ0n) is 17.8. The molecule has 1 aliphatic carbocycles. The molecule has 3 amide bonds. The first-order valence-electron chi connectivity index (χ1n) is 11.4. The quantitative estimate of drug-likeness (QED) is 0.724. The molecule has 7 heteroatoms. The van der Waals surface area contributed by atoms with Crippen molar-refractivity contribution in [2.45, 2.75) is 61.8 Å². The first kappa shape index (κ1) is 19.5. The van der Waals surface area contributed by atoms with E-state index in [0.717, 1.165) is 43.4 Å². The summed E-state index contributed by atoms with van der Waals surface area (Å²) in [5, 5.41) is 2.54. The van der Waals surface area contributed by atoms with Crippen LogP contribution in [0.3, 0.4) is 0 Å². The van der Waals surface area contributed by atoms with Gasteiger partial charge in [-0.05, 0) is 30.0 Å². The fourth-order valence-corrected chi connectivity index (χ4v) is 6.55. The van der Waals surface area contributed by atoms with Gasteiger partial charge < -0.3 is 9.80 Å². The summed E-state index contributed by atoms with van der Waals surface area (Å²) in [6.07, 6.45) is 4.79. The van der Waals surface area contributed by atoms with Crippen LogP contribution in [0.25, 0.3) is 0 Å². The van der Waals surface area contributed by atoms with Gasteiger partial charge in [-0.2, -0.15) is 0 Å². The van der Waals surface area contributed by atoms with Crippen molar-refractivity contribution < 1.29 is 14.4 Å². The summed E-state index contributed by atoms with van der Waals surface area (Å²) < 4.78 is 0. The summed E-state index contributed by atoms with van der Waals surface area (Å²) in [5.41, 5.74) is 6.37. The Morgan fingerprint density at radius 2 is 1.62 bits per heavy atom. The van der Waals surface area contributed by atoms with Crippen molar-refractivity contribution in [1.82, 2.24) is 10.2 Å². The minimum Gasteiger partial charge on any atom is -0.340 e. The Kier molecular flexibility index (Phi) is 4.05. The molecule has 3 N–H and O–H groups in total. The van der Waals surface area contributed by atoms with Gasteiger partial charge in [0.25, 0.3) is 11.8 Å². The van der Waals surface area contributed by atoms with Crippen LogP contribution in [0.1, 0.15) is 43.2 Å². The maximum Gasteiger partial charge on any atom is 0.265 e. The molecule has 2 saturated heterocycles. The third kappa shape index (κ3) is 2.17. The molecule has 3 atom stereocenters. The van der Waals surface area contributed by atoms with Crippen molar-refractivity contribution in [1.29, 1.82) is 0 Å². The Hall–Kier alpha value is -3.19. The molecular weight excluding hydrogens is 404 g/mol. The molecule has 3 unspecified atom stereocenters. The van der Waals surface area contributed by atoms with Crippen LogP contribution in [-0.2, 0) is 26.3 Å². The van der Waals surface area contributed by atoms with Gasteiger partial charge in [-0.1, -0.05) is 67.8 Å². The molecule has 3 aliphatic heterocycles. The van der Waals surface area contributed by atoms with Crippen LogP contribution in [-0.4, -0.2) is 40.4 Å². The molecule has 4 aliphatic rings. The largest absolute Gasteiger partial charge is 0.340 e. The summed E-state index contributed by atoms with van der Waals surface area (Å²) in [6.45, 7) is 0.370. The monoisotopic (exact) mass is 430 g/mol. The van der Waals surface area contributed by atoms with E-state index in [1.165, 1.54) is 0 Å². The molecule has 2 aromatic rings. The summed E-state index contributed by atoms with van der Waals surface area (Å²) in [6, 6.07) is 16.3. The van der Waals surface area contributed by atoms with E-state index >= 15 is 0 Å². The number of para-hydroxylation sites is 1. The molecule has 164 valence electrons. The van der Waals surface area contributed by atoms with E-state index in [1.807, 2.05) is 59.5 Å². The van der Waals surface area contributed by atoms with Crippen LogP contribution >= 0.6 is 0 Å². The van der Waals surface area contributed by atoms with E-state index < -0.39 is 28.9 Å². The number of fused-ring (bicyclic) bond motifs is 1. The number of carbonyl (C=O) groups is 3. The number of nitrogens with one attached hydrogen (secondary N) is 1. The number of nitrogens with two attached hydrogens (primary N) is 1. The fourth-order valence-electron chi connectivity index (χ4n) is 6.55. The number of hydrogen-bond acceptors (Lipinski definition) is 5. The van der Waals surface area contributed by atoms with Crippen molar-refractivity contribution in [2.75, 3.05) is 4.90 Å². The lowest BCUT2D eigenvalue weighted by atomic mass is 9.71. The lowest BCUT2D eigenvalue weighted by molar-refractivity contribution is -0.141. The van der Waals surface area contributed by atoms with Crippen LogP contribution in [0, 0.1) is 0 Å². The van der Waals surface area contributed by atoms with Crippen LogP contribution in [0.2, 0.25) is 0 Å². The van der Waals surface area contributed by atoms with Gasteiger partial charge in [-0.25, -0.2) is 0 Å². The minimum atomic E-state index is -1.66. The van der Waals surface area contributed by atoms with Crippen LogP contribution in [0.5, 0.6) is 0 Å². The minimum absolute atomic E-state index is 0.0773. The van der Waals surface area contributed by atoms with Gasteiger partial charge in [-0.15, -0.1) is 0 Å². The summed E-state index contributed by atoms with van der Waals surface area (Å²) >= 11 is 0. The molecule has 1 saturated carbocycles. The topological polar surface area (TPSA) is 95.7 Å². The molecule has 6 rings (SSSR count). The Bertz CT molecular complexity index is 1130. The molecule has 0 radical (unpaired) electrons. The number of carbonyl (C=O) groups excluding carboxylic acids is 3. The maximum absolute atomic E-state index is 14.2. The van der Waals surface area contributed by atoms with Gasteiger partial charge >= 0.3 is 0 Å². The second kappa shape index (κ2) is 6.65. The predicted molar refractivity (Wildman–Crippen MR) is 118 cm³/mol. The molecular formula is C25H26N4O3. The molecule has 32 heavy (non-hydrogen) atoms. The third-order valence-electron chi connectivity index (χ3n) is 7.89. The maximum atomic E-state index is 14.2. The normalized spacial score (nSPS) is 31.5. The van der Waals surface area contributed by atoms with Gasteiger partial charge in [-0.3, -0.25) is 25.4 Å². The molecule has 3 heterocycles. The van der Waals surface area contributed by atoms with Gasteiger partial charge in [0.2, 0.25) is 5.91 Å². The van der Waals surface area contributed by atoms with Gasteiger partial charge in [0, 0.05) is 18.3 Å². The van der Waals surface area contributed by atoms with Crippen molar-refractivity contribution in [3.8, 4) is 0 Å². The molecule has 0 aromatic heterocycles. The highest BCUT2D eigenvalue weighted by Gasteiger charge is 2.82. The summed E-state index contributed by atoms with van der Waals surface area (Å²) in [7, 11) is 0. The van der Waals surface area contributed by atoms with Crippen LogP contribution in [0.4, 0.5) is 5.69 Å². The average molecular weight is 431 g/mol. The zero-order chi connectivity index (χ0) is 22.1. The highest BCUT2D eigenvalue weighted by molar-refractivity contribution is 6.23. The number of anilines is 1. The number of rotatable bonds is 3. The molecule has 1 spiro atoms. The molecule has 3 fully saturated rings. The molecule has 7 nitrogen and oxygen atoms in total. The summed E-state index contributed by atoms with van der Waals surface area (Å²) in [4.78, 5) is 44.5. The van der Waals surface area contributed by atoms with Crippen molar-refractivity contribution in [3.63, 3.8) is 0 Å². The zero-order valence-corrected chi connectivity index (χ0v) is 17.8. The van der Waals surface area contributed by atoms with Crippen LogP contribution < -0.4 is 16.0 Å². The van der Waals surface area contributed by atoms with Crippen molar-refractivity contribution in [2.24, 2.45) is 5.73 Å². The Morgan fingerprint density at radius 1 is 0.938 bits per heavy atom. The van der Waals surface area contributed by atoms with Crippen LogP contribution in [0.15, 0.2) is 54.6 Å². The smallest absolute Gasteiger partial charge is 0.265 e. The standard InChI is InChI=1S/C25H26N4O3/c26-25-23(32)29(17-11-5-2-6-12-17)20-21(30)27-22(31)24(20,25)18-13-7-8-14-19(18)28(25)15-16-9-3-1-4-10-16/h1,3-4,7-10,13-14,17,20H,2,5-6,11-12,15,26H2,(H,27,30,31). The highest BCUT2D eigenvalue weighted by Crippen LogP contribution is 2.60. The first-order valence-corrected chi connectivity index (χ1v) is 11.4. The molecule has 2 aromatic carbocycles. The number of nitrogens with zero attached hydrogens (tertiary/aromatic N) is 2. The van der Waals surface area contributed by atoms with E-state index in [0.29, 0.717) is 12.1 Å². The first-order chi connectivity index (χ1) is 15.5. The number of imide groups is 1.